The lowest BCUT2D eigenvalue weighted by Crippen LogP contribution is -2.59. The summed E-state index contributed by atoms with van der Waals surface area (Å²) in [6, 6.07) is 3.51. The van der Waals surface area contributed by atoms with Gasteiger partial charge < -0.3 is 5.32 Å². The van der Waals surface area contributed by atoms with Crippen molar-refractivity contribution in [2.24, 2.45) is 0 Å². The van der Waals surface area contributed by atoms with Crippen molar-refractivity contribution in [1.82, 2.24) is 15.0 Å². The molecule has 0 saturated heterocycles. The summed E-state index contributed by atoms with van der Waals surface area (Å²) in [4.78, 5) is 23.2. The fraction of sp³-hybridized carbons (Fsp3) is 0.450. The summed E-state index contributed by atoms with van der Waals surface area (Å²) in [7, 11) is -1.83. The third-order valence-corrected chi connectivity index (χ3v) is 6.79. The predicted octanol–water partition coefficient (Wildman–Crippen LogP) is 3.32. The van der Waals surface area contributed by atoms with Crippen LogP contribution in [0.3, 0.4) is 0 Å². The number of aromatic nitrogens is 2. The summed E-state index contributed by atoms with van der Waals surface area (Å²) >= 11 is 0. The molecule has 2 aliphatic rings. The van der Waals surface area contributed by atoms with E-state index in [1.807, 2.05) is 11.9 Å². The molecule has 1 aliphatic carbocycles. The van der Waals surface area contributed by atoms with Gasteiger partial charge in [-0.3, -0.25) is 9.91 Å². The zero-order chi connectivity index (χ0) is 22.3. The summed E-state index contributed by atoms with van der Waals surface area (Å²) in [6.45, 7) is 2.39. The maximum absolute atomic E-state index is 14.4. The van der Waals surface area contributed by atoms with Crippen LogP contribution >= 0.6 is 0 Å². The van der Waals surface area contributed by atoms with E-state index >= 15 is 0 Å². The van der Waals surface area contributed by atoms with Crippen molar-refractivity contribution in [3.05, 3.63) is 30.2 Å². The maximum Gasteiger partial charge on any atom is 0.343 e. The first-order valence-electron chi connectivity index (χ1n) is 10.2. The van der Waals surface area contributed by atoms with Crippen molar-refractivity contribution in [3.63, 3.8) is 0 Å². The molecule has 1 aromatic heterocycles. The van der Waals surface area contributed by atoms with Gasteiger partial charge in [-0.1, -0.05) is 12.8 Å². The van der Waals surface area contributed by atoms with Crippen LogP contribution in [0.15, 0.2) is 29.3 Å². The van der Waals surface area contributed by atoms with Crippen LogP contribution in [-0.4, -0.2) is 55.3 Å². The molecule has 0 atom stereocenters. The molecule has 9 nitrogen and oxygen atoms in total. The lowest BCUT2D eigenvalue weighted by atomic mass is 10.2. The predicted molar refractivity (Wildman–Crippen MR) is 116 cm³/mol. The average molecular weight is 449 g/mol. The first kappa shape index (κ1) is 21.3. The maximum atomic E-state index is 14.4. The lowest BCUT2D eigenvalue weighted by molar-refractivity contribution is 0.191. The zero-order valence-corrected chi connectivity index (χ0v) is 18.5. The Morgan fingerprint density at radius 1 is 1.26 bits per heavy atom. The molecule has 2 heterocycles. The largest absolute Gasteiger partial charge is 0.343 e. The molecular weight excluding hydrogens is 423 g/mol. The Balaban J connectivity index is 1.75. The first-order valence-corrected chi connectivity index (χ1v) is 12.1. The Bertz CT molecular complexity index is 1120. The van der Waals surface area contributed by atoms with E-state index in [9.17, 15) is 17.6 Å². The molecule has 1 saturated carbocycles. The van der Waals surface area contributed by atoms with E-state index in [0.29, 0.717) is 18.1 Å². The van der Waals surface area contributed by atoms with Crippen LogP contribution in [-0.2, 0) is 9.84 Å². The van der Waals surface area contributed by atoms with Gasteiger partial charge in [0, 0.05) is 19.8 Å². The highest BCUT2D eigenvalue weighted by molar-refractivity contribution is 7.90. The summed E-state index contributed by atoms with van der Waals surface area (Å²) in [5, 5.41) is 6.39. The van der Waals surface area contributed by atoms with Gasteiger partial charge in [0.05, 0.1) is 22.8 Å². The number of carbonyl (C=O) groups is 1. The monoisotopic (exact) mass is 448 g/mol. The van der Waals surface area contributed by atoms with Gasteiger partial charge in [0.2, 0.25) is 5.95 Å². The molecule has 0 unspecified atom stereocenters. The smallest absolute Gasteiger partial charge is 0.322 e. The van der Waals surface area contributed by atoms with Gasteiger partial charge in [-0.25, -0.2) is 27.6 Å². The van der Waals surface area contributed by atoms with Gasteiger partial charge in [0.25, 0.3) is 0 Å². The van der Waals surface area contributed by atoms with E-state index in [0.717, 1.165) is 38.0 Å². The van der Waals surface area contributed by atoms with Crippen LogP contribution in [0, 0.1) is 5.82 Å². The number of sulfone groups is 1. The fourth-order valence-electron chi connectivity index (χ4n) is 4.07. The molecule has 31 heavy (non-hydrogen) atoms. The van der Waals surface area contributed by atoms with Crippen molar-refractivity contribution < 1.29 is 17.6 Å². The Kier molecular flexibility index (Phi) is 5.46. The molecule has 0 bridgehead atoms. The fourth-order valence-corrected chi connectivity index (χ4v) is 4.72. The molecule has 1 aromatic carbocycles. The number of hydrogen-bond acceptors (Lipinski definition) is 7. The van der Waals surface area contributed by atoms with Gasteiger partial charge in [-0.15, -0.1) is 0 Å². The molecule has 0 spiro atoms. The second kappa shape index (κ2) is 7.95. The topological polar surface area (TPSA) is 98.7 Å². The normalized spacial score (nSPS) is 17.3. The van der Waals surface area contributed by atoms with Crippen LogP contribution in [0.4, 0.5) is 32.3 Å². The molecule has 2 aromatic rings. The van der Waals surface area contributed by atoms with Gasteiger partial charge in [0.15, 0.2) is 15.7 Å². The highest BCUT2D eigenvalue weighted by atomic mass is 32.2. The second-order valence-corrected chi connectivity index (χ2v) is 9.80. The minimum atomic E-state index is -3.50. The quantitative estimate of drug-likeness (QED) is 0.701. The van der Waals surface area contributed by atoms with Gasteiger partial charge in [-0.05, 0) is 38.0 Å². The number of rotatable bonds is 5. The number of carbonyl (C=O) groups excluding carboxylic acids is 1. The zero-order valence-electron chi connectivity index (χ0n) is 17.7. The van der Waals surface area contributed by atoms with Gasteiger partial charge >= 0.3 is 6.03 Å². The highest BCUT2D eigenvalue weighted by Gasteiger charge is 2.39. The summed E-state index contributed by atoms with van der Waals surface area (Å²) < 4.78 is 38.0. The number of hydrazine groups is 1. The van der Waals surface area contributed by atoms with E-state index in [1.165, 1.54) is 23.2 Å². The number of fused-ring (bicyclic) bond motifs is 1. The Morgan fingerprint density at radius 3 is 2.61 bits per heavy atom. The Morgan fingerprint density at radius 2 is 1.97 bits per heavy atom. The SMILES string of the molecule is CCN1C(=O)N(C)c2cnc(Nc3cc(S(C)(=O)=O)ccc3F)nc2N1C1CCCC1. The number of halogens is 1. The van der Waals surface area contributed by atoms with Crippen molar-refractivity contribution >= 4 is 39.0 Å². The Hall–Kier alpha value is -2.95. The van der Waals surface area contributed by atoms with Crippen molar-refractivity contribution in [1.29, 1.82) is 0 Å². The first-order chi connectivity index (χ1) is 14.7. The molecule has 0 radical (unpaired) electrons. The van der Waals surface area contributed by atoms with E-state index in [1.54, 1.807) is 12.1 Å². The van der Waals surface area contributed by atoms with E-state index < -0.39 is 15.7 Å². The summed E-state index contributed by atoms with van der Waals surface area (Å²) in [6.07, 6.45) is 6.64. The molecule has 1 fully saturated rings. The number of nitrogens with one attached hydrogen (secondary N) is 1. The number of amides is 2. The van der Waals surface area contributed by atoms with Crippen LogP contribution in [0.5, 0.6) is 0 Å². The number of benzene rings is 1. The van der Waals surface area contributed by atoms with Crippen LogP contribution in [0.1, 0.15) is 32.6 Å². The minimum absolute atomic E-state index is 0.00979. The van der Waals surface area contributed by atoms with Crippen molar-refractivity contribution in [2.45, 2.75) is 43.5 Å². The van der Waals surface area contributed by atoms with E-state index in [2.05, 4.69) is 15.3 Å². The number of nitrogens with zero attached hydrogens (tertiary/aromatic N) is 5. The summed E-state index contributed by atoms with van der Waals surface area (Å²) in [5.41, 5.74) is 0.528. The minimum Gasteiger partial charge on any atom is -0.322 e. The van der Waals surface area contributed by atoms with Crippen LogP contribution < -0.4 is 15.2 Å². The number of urea groups is 1. The van der Waals surface area contributed by atoms with Crippen LogP contribution in [0.2, 0.25) is 0 Å². The number of hydrogen-bond donors (Lipinski definition) is 1. The second-order valence-electron chi connectivity index (χ2n) is 7.78. The van der Waals surface area contributed by atoms with Crippen molar-refractivity contribution in [2.75, 3.05) is 35.1 Å². The molecule has 4 rings (SSSR count). The lowest BCUT2D eigenvalue weighted by Gasteiger charge is -2.45. The number of anilines is 4. The van der Waals surface area contributed by atoms with Crippen LogP contribution in [0.25, 0.3) is 0 Å². The molecule has 2 amide bonds. The Labute approximate surface area is 180 Å². The third kappa shape index (κ3) is 3.89. The molecule has 166 valence electrons. The van der Waals surface area contributed by atoms with Gasteiger partial charge in [-0.2, -0.15) is 4.98 Å². The van der Waals surface area contributed by atoms with E-state index in [4.69, 9.17) is 0 Å². The highest BCUT2D eigenvalue weighted by Crippen LogP contribution is 2.39. The molecule has 11 heteroatoms. The molecule has 1 aliphatic heterocycles. The van der Waals surface area contributed by atoms with E-state index in [-0.39, 0.29) is 28.6 Å². The molecule has 1 N–H and O–H groups in total. The average Bonchev–Trinajstić information content (AvgIpc) is 3.25. The van der Waals surface area contributed by atoms with Crippen molar-refractivity contribution in [3.8, 4) is 0 Å². The third-order valence-electron chi connectivity index (χ3n) is 5.68. The molecular formula is C20H25FN6O3S. The van der Waals surface area contributed by atoms with Gasteiger partial charge in [0.1, 0.15) is 11.5 Å². The summed E-state index contributed by atoms with van der Waals surface area (Å²) in [5.74, 6) is 0.0574. The standard InChI is InChI=1S/C20H25FN6O3S/c1-4-26-20(28)25(2)17-12-22-19(24-18(17)27(26)13-7-5-6-8-13)23-16-11-14(31(3,29)30)9-10-15(16)21/h9-13H,4-8H2,1-3H3,(H,22,23,24).